The Kier molecular flexibility index (Phi) is 6.08. The average Bonchev–Trinajstić information content (AvgIpc) is 3.15. The van der Waals surface area contributed by atoms with E-state index in [9.17, 15) is 13.2 Å². The predicted octanol–water partition coefficient (Wildman–Crippen LogP) is 2.05. The van der Waals surface area contributed by atoms with E-state index in [2.05, 4.69) is 5.32 Å². The van der Waals surface area contributed by atoms with E-state index in [4.69, 9.17) is 4.74 Å². The zero-order chi connectivity index (χ0) is 18.6. The lowest BCUT2D eigenvalue weighted by atomic mass is 10.1. The number of hydrogen-bond donors (Lipinski definition) is 1. The molecule has 6 nitrogen and oxygen atoms in total. The summed E-state index contributed by atoms with van der Waals surface area (Å²) in [5, 5.41) is 4.48. The van der Waals surface area contributed by atoms with Gasteiger partial charge in [0.2, 0.25) is 10.0 Å². The number of aryl methyl sites for hydroxylation is 1. The molecular formula is C18H22N2O4S2. The summed E-state index contributed by atoms with van der Waals surface area (Å²) in [6.07, 6.45) is 0.704. The number of carbonyl (C=O) groups is 1. The van der Waals surface area contributed by atoms with Crippen LogP contribution in [0.5, 0.6) is 0 Å². The molecule has 1 fully saturated rings. The topological polar surface area (TPSA) is 75.7 Å². The highest BCUT2D eigenvalue weighted by molar-refractivity contribution is 7.89. The maximum atomic E-state index is 12.8. The zero-order valence-corrected chi connectivity index (χ0v) is 16.2. The minimum Gasteiger partial charge on any atom is -0.379 e. The molecule has 1 aromatic heterocycles. The van der Waals surface area contributed by atoms with Gasteiger partial charge < -0.3 is 10.1 Å². The van der Waals surface area contributed by atoms with Crippen molar-refractivity contribution in [3.63, 3.8) is 0 Å². The van der Waals surface area contributed by atoms with Gasteiger partial charge in [0.05, 0.1) is 13.2 Å². The number of amides is 1. The number of hydrogen-bond acceptors (Lipinski definition) is 5. The van der Waals surface area contributed by atoms with E-state index >= 15 is 0 Å². The van der Waals surface area contributed by atoms with Gasteiger partial charge in [-0.05, 0) is 35.9 Å². The van der Waals surface area contributed by atoms with Gasteiger partial charge >= 0.3 is 0 Å². The van der Waals surface area contributed by atoms with E-state index in [-0.39, 0.29) is 15.7 Å². The second-order valence-corrected chi connectivity index (χ2v) is 8.89. The number of morpholine rings is 1. The smallest absolute Gasteiger partial charge is 0.262 e. The number of carbonyl (C=O) groups excluding carboxylic acids is 1. The van der Waals surface area contributed by atoms with Gasteiger partial charge in [-0.25, -0.2) is 8.42 Å². The van der Waals surface area contributed by atoms with Crippen molar-refractivity contribution in [3.05, 3.63) is 51.7 Å². The Morgan fingerprint density at radius 1 is 1.23 bits per heavy atom. The van der Waals surface area contributed by atoms with E-state index in [1.807, 2.05) is 31.2 Å². The number of ether oxygens (including phenoxy) is 1. The SMILES string of the molecule is Cc1ccccc1CCNC(=O)c1sccc1S(=O)(=O)N1CCOCC1. The van der Waals surface area contributed by atoms with Crippen molar-refractivity contribution in [2.24, 2.45) is 0 Å². The Morgan fingerprint density at radius 2 is 1.96 bits per heavy atom. The quantitative estimate of drug-likeness (QED) is 0.814. The Balaban J connectivity index is 1.67. The first-order valence-corrected chi connectivity index (χ1v) is 10.8. The van der Waals surface area contributed by atoms with Gasteiger partial charge in [-0.1, -0.05) is 24.3 Å². The van der Waals surface area contributed by atoms with Crippen molar-refractivity contribution in [2.45, 2.75) is 18.2 Å². The lowest BCUT2D eigenvalue weighted by Gasteiger charge is -2.26. The molecule has 140 valence electrons. The summed E-state index contributed by atoms with van der Waals surface area (Å²) in [5.74, 6) is -0.347. The molecule has 2 heterocycles. The molecule has 1 aliphatic rings. The van der Waals surface area contributed by atoms with Crippen LogP contribution in [0.25, 0.3) is 0 Å². The van der Waals surface area contributed by atoms with Crippen LogP contribution in [0.3, 0.4) is 0 Å². The maximum absolute atomic E-state index is 12.8. The van der Waals surface area contributed by atoms with Crippen LogP contribution in [0.1, 0.15) is 20.8 Å². The first-order valence-electron chi connectivity index (χ1n) is 8.48. The third-order valence-corrected chi connectivity index (χ3v) is 7.35. The highest BCUT2D eigenvalue weighted by Crippen LogP contribution is 2.25. The van der Waals surface area contributed by atoms with Gasteiger partial charge in [0.15, 0.2) is 0 Å². The second kappa shape index (κ2) is 8.30. The van der Waals surface area contributed by atoms with E-state index in [1.165, 1.54) is 21.5 Å². The number of nitrogens with zero attached hydrogens (tertiary/aromatic N) is 1. The maximum Gasteiger partial charge on any atom is 0.262 e. The molecule has 0 atom stereocenters. The summed E-state index contributed by atoms with van der Waals surface area (Å²) >= 11 is 1.15. The zero-order valence-electron chi connectivity index (χ0n) is 14.6. The Morgan fingerprint density at radius 3 is 2.69 bits per heavy atom. The molecule has 0 unspecified atom stereocenters. The monoisotopic (exact) mass is 394 g/mol. The Labute approximate surface area is 157 Å². The third kappa shape index (κ3) is 4.15. The molecule has 0 saturated carbocycles. The van der Waals surface area contributed by atoms with Crippen LogP contribution in [0.2, 0.25) is 0 Å². The number of nitrogens with one attached hydrogen (secondary N) is 1. The molecule has 26 heavy (non-hydrogen) atoms. The van der Waals surface area contributed by atoms with Gasteiger partial charge in [-0.2, -0.15) is 4.31 Å². The molecule has 1 saturated heterocycles. The highest BCUT2D eigenvalue weighted by Gasteiger charge is 2.31. The van der Waals surface area contributed by atoms with E-state index in [0.717, 1.165) is 11.3 Å². The first-order chi connectivity index (χ1) is 12.5. The standard InChI is InChI=1S/C18H22N2O4S2/c1-14-4-2-3-5-15(14)6-8-19-18(21)17-16(7-13-25-17)26(22,23)20-9-11-24-12-10-20/h2-5,7,13H,6,8-12H2,1H3,(H,19,21). The largest absolute Gasteiger partial charge is 0.379 e. The third-order valence-electron chi connectivity index (χ3n) is 4.36. The van der Waals surface area contributed by atoms with Crippen LogP contribution in [0, 0.1) is 6.92 Å². The van der Waals surface area contributed by atoms with Crippen molar-refractivity contribution < 1.29 is 17.9 Å². The second-order valence-electron chi connectivity index (χ2n) is 6.06. The number of thiophene rings is 1. The van der Waals surface area contributed by atoms with E-state index in [0.29, 0.717) is 39.3 Å². The molecule has 3 rings (SSSR count). The lowest BCUT2D eigenvalue weighted by molar-refractivity contribution is 0.0730. The number of benzene rings is 1. The van der Waals surface area contributed by atoms with Gasteiger partial charge in [-0.15, -0.1) is 11.3 Å². The average molecular weight is 395 g/mol. The minimum absolute atomic E-state index is 0.0813. The summed E-state index contributed by atoms with van der Waals surface area (Å²) in [4.78, 5) is 12.8. The fourth-order valence-electron chi connectivity index (χ4n) is 2.87. The summed E-state index contributed by atoms with van der Waals surface area (Å²) in [6, 6.07) is 9.51. The Hall–Kier alpha value is -1.74. The van der Waals surface area contributed by atoms with Crippen molar-refractivity contribution in [2.75, 3.05) is 32.8 Å². The van der Waals surface area contributed by atoms with Gasteiger partial charge in [0.25, 0.3) is 5.91 Å². The predicted molar refractivity (Wildman–Crippen MR) is 101 cm³/mol. The van der Waals surface area contributed by atoms with Crippen LogP contribution in [0.15, 0.2) is 40.6 Å². The highest BCUT2D eigenvalue weighted by atomic mass is 32.2. The molecule has 0 radical (unpaired) electrons. The fraction of sp³-hybridized carbons (Fsp3) is 0.389. The van der Waals surface area contributed by atoms with Gasteiger partial charge in [0.1, 0.15) is 9.77 Å². The van der Waals surface area contributed by atoms with Crippen LogP contribution in [-0.4, -0.2) is 51.5 Å². The van der Waals surface area contributed by atoms with Crippen LogP contribution < -0.4 is 5.32 Å². The van der Waals surface area contributed by atoms with Crippen LogP contribution >= 0.6 is 11.3 Å². The molecule has 0 bridgehead atoms. The summed E-state index contributed by atoms with van der Waals surface area (Å²) in [7, 11) is -3.68. The summed E-state index contributed by atoms with van der Waals surface area (Å²) < 4.78 is 32.2. The van der Waals surface area contributed by atoms with Crippen LogP contribution in [0.4, 0.5) is 0 Å². The van der Waals surface area contributed by atoms with Crippen molar-refractivity contribution in [1.82, 2.24) is 9.62 Å². The Bertz CT molecular complexity index is 871. The van der Waals surface area contributed by atoms with Crippen molar-refractivity contribution >= 4 is 27.3 Å². The summed E-state index contributed by atoms with van der Waals surface area (Å²) in [6.45, 7) is 3.86. The molecule has 1 aliphatic heterocycles. The van der Waals surface area contributed by atoms with Crippen molar-refractivity contribution in [3.8, 4) is 0 Å². The minimum atomic E-state index is -3.68. The molecule has 1 aromatic carbocycles. The molecule has 1 amide bonds. The van der Waals surface area contributed by atoms with Crippen LogP contribution in [-0.2, 0) is 21.2 Å². The van der Waals surface area contributed by atoms with E-state index < -0.39 is 10.0 Å². The van der Waals surface area contributed by atoms with E-state index in [1.54, 1.807) is 5.38 Å². The fourth-order valence-corrected chi connectivity index (χ4v) is 5.60. The summed E-state index contributed by atoms with van der Waals surface area (Å²) in [5.41, 5.74) is 2.34. The molecule has 0 aliphatic carbocycles. The molecule has 0 spiro atoms. The normalized spacial score (nSPS) is 15.7. The molecule has 8 heteroatoms. The first kappa shape index (κ1) is 19.0. The lowest BCUT2D eigenvalue weighted by Crippen LogP contribution is -2.41. The van der Waals surface area contributed by atoms with Gasteiger partial charge in [-0.3, -0.25) is 4.79 Å². The molecular weight excluding hydrogens is 372 g/mol. The molecule has 2 aromatic rings. The number of sulfonamides is 1. The number of rotatable bonds is 6. The van der Waals surface area contributed by atoms with Crippen molar-refractivity contribution in [1.29, 1.82) is 0 Å². The molecule has 1 N–H and O–H groups in total. The van der Waals surface area contributed by atoms with Gasteiger partial charge in [0, 0.05) is 19.6 Å².